The molecule has 2 aromatic heterocycles. The molecular formula is C18H17N5O2. The molecule has 0 radical (unpaired) electrons. The number of amides is 1. The van der Waals surface area contributed by atoms with Gasteiger partial charge < -0.3 is 15.4 Å². The van der Waals surface area contributed by atoms with Crippen LogP contribution in [0.1, 0.15) is 16.1 Å². The molecule has 0 fully saturated rings. The van der Waals surface area contributed by atoms with Crippen LogP contribution < -0.4 is 15.4 Å². The lowest BCUT2D eigenvalue weighted by Crippen LogP contribution is -2.24. The number of hydrogen-bond acceptors (Lipinski definition) is 6. The monoisotopic (exact) mass is 335 g/mol. The Morgan fingerprint density at radius 1 is 1.12 bits per heavy atom. The summed E-state index contributed by atoms with van der Waals surface area (Å²) >= 11 is 0. The minimum absolute atomic E-state index is 0.276. The van der Waals surface area contributed by atoms with Crippen molar-refractivity contribution >= 4 is 17.4 Å². The zero-order valence-electron chi connectivity index (χ0n) is 13.6. The maximum atomic E-state index is 12.3. The molecule has 3 aromatic rings. The van der Waals surface area contributed by atoms with Crippen molar-refractivity contribution in [1.29, 1.82) is 0 Å². The van der Waals surface area contributed by atoms with Gasteiger partial charge in [-0.15, -0.1) is 0 Å². The van der Waals surface area contributed by atoms with E-state index >= 15 is 0 Å². The van der Waals surface area contributed by atoms with Crippen molar-refractivity contribution < 1.29 is 9.53 Å². The molecule has 1 aromatic carbocycles. The fraction of sp³-hybridized carbons (Fsp3) is 0.111. The predicted molar refractivity (Wildman–Crippen MR) is 93.7 cm³/mol. The van der Waals surface area contributed by atoms with Crippen LogP contribution in [0.3, 0.4) is 0 Å². The summed E-state index contributed by atoms with van der Waals surface area (Å²) in [6.45, 7) is 0.403. The normalized spacial score (nSPS) is 10.1. The van der Waals surface area contributed by atoms with Gasteiger partial charge in [-0.05, 0) is 29.8 Å². The number of hydrogen-bond donors (Lipinski definition) is 2. The number of para-hydroxylation sites is 2. The van der Waals surface area contributed by atoms with Gasteiger partial charge in [0.2, 0.25) is 0 Å². The van der Waals surface area contributed by atoms with E-state index in [1.807, 2.05) is 36.4 Å². The lowest BCUT2D eigenvalue weighted by atomic mass is 10.2. The molecule has 1 amide bonds. The molecule has 7 nitrogen and oxygen atoms in total. The van der Waals surface area contributed by atoms with Crippen molar-refractivity contribution in [2.75, 3.05) is 12.4 Å². The van der Waals surface area contributed by atoms with E-state index in [2.05, 4.69) is 25.6 Å². The van der Waals surface area contributed by atoms with Crippen LogP contribution in [0.15, 0.2) is 61.2 Å². The number of pyridine rings is 1. The standard InChI is InChI=1S/C18H17N5O2/c1-25-16-5-3-2-4-14(16)23-17-10-15(21-12-22-17)18(24)20-11-13-6-8-19-9-7-13/h2-10,12H,11H2,1H3,(H,20,24)(H,21,22,23). The molecule has 126 valence electrons. The molecule has 0 aliphatic rings. The molecule has 0 atom stereocenters. The first kappa shape index (κ1) is 16.4. The second-order valence-electron chi connectivity index (χ2n) is 5.15. The van der Waals surface area contributed by atoms with Crippen LogP contribution in [0, 0.1) is 0 Å². The highest BCUT2D eigenvalue weighted by molar-refractivity contribution is 5.93. The summed E-state index contributed by atoms with van der Waals surface area (Å²) in [6, 6.07) is 12.7. The van der Waals surface area contributed by atoms with E-state index in [4.69, 9.17) is 4.74 Å². The lowest BCUT2D eigenvalue weighted by molar-refractivity contribution is 0.0946. The van der Waals surface area contributed by atoms with Gasteiger partial charge in [0.1, 0.15) is 23.6 Å². The van der Waals surface area contributed by atoms with Gasteiger partial charge in [0, 0.05) is 25.0 Å². The van der Waals surface area contributed by atoms with Crippen molar-refractivity contribution in [3.05, 3.63) is 72.4 Å². The number of benzene rings is 1. The molecule has 3 rings (SSSR count). The van der Waals surface area contributed by atoms with E-state index in [9.17, 15) is 4.79 Å². The maximum absolute atomic E-state index is 12.3. The lowest BCUT2D eigenvalue weighted by Gasteiger charge is -2.10. The Labute approximate surface area is 145 Å². The van der Waals surface area contributed by atoms with Gasteiger partial charge in [-0.2, -0.15) is 0 Å². The van der Waals surface area contributed by atoms with Crippen LogP contribution in [0.25, 0.3) is 0 Å². The fourth-order valence-electron chi connectivity index (χ4n) is 2.21. The summed E-state index contributed by atoms with van der Waals surface area (Å²) in [5.74, 6) is 0.917. The molecule has 2 N–H and O–H groups in total. The Bertz CT molecular complexity index is 855. The van der Waals surface area contributed by atoms with E-state index in [0.717, 1.165) is 11.3 Å². The summed E-state index contributed by atoms with van der Waals surface area (Å²) in [5.41, 5.74) is 2.00. The molecule has 0 aliphatic heterocycles. The summed E-state index contributed by atoms with van der Waals surface area (Å²) in [4.78, 5) is 24.4. The topological polar surface area (TPSA) is 89.0 Å². The van der Waals surface area contributed by atoms with Crippen molar-refractivity contribution in [3.63, 3.8) is 0 Å². The second-order valence-corrected chi connectivity index (χ2v) is 5.15. The zero-order valence-corrected chi connectivity index (χ0v) is 13.6. The molecule has 0 bridgehead atoms. The van der Waals surface area contributed by atoms with Gasteiger partial charge in [-0.3, -0.25) is 9.78 Å². The third-order valence-corrected chi connectivity index (χ3v) is 3.47. The first-order valence-electron chi connectivity index (χ1n) is 7.65. The highest BCUT2D eigenvalue weighted by Crippen LogP contribution is 2.26. The smallest absolute Gasteiger partial charge is 0.270 e. The third-order valence-electron chi connectivity index (χ3n) is 3.47. The zero-order chi connectivity index (χ0) is 17.5. The van der Waals surface area contributed by atoms with Crippen molar-refractivity contribution in [1.82, 2.24) is 20.3 Å². The number of carbonyl (C=O) groups is 1. The minimum atomic E-state index is -0.276. The summed E-state index contributed by atoms with van der Waals surface area (Å²) in [6.07, 6.45) is 4.71. The van der Waals surface area contributed by atoms with Crippen LogP contribution >= 0.6 is 0 Å². The Balaban J connectivity index is 1.69. The van der Waals surface area contributed by atoms with E-state index < -0.39 is 0 Å². The molecule has 0 saturated heterocycles. The van der Waals surface area contributed by atoms with Crippen LogP contribution in [-0.4, -0.2) is 28.0 Å². The number of ether oxygens (including phenoxy) is 1. The fourth-order valence-corrected chi connectivity index (χ4v) is 2.21. The van der Waals surface area contributed by atoms with Crippen molar-refractivity contribution in [2.24, 2.45) is 0 Å². The number of methoxy groups -OCH3 is 1. The number of aromatic nitrogens is 3. The Kier molecular flexibility index (Phi) is 5.16. The molecule has 7 heteroatoms. The number of anilines is 2. The summed E-state index contributed by atoms with van der Waals surface area (Å²) in [5, 5.41) is 5.95. The Hall–Kier alpha value is -3.48. The molecular weight excluding hydrogens is 318 g/mol. The first-order valence-corrected chi connectivity index (χ1v) is 7.65. The van der Waals surface area contributed by atoms with Crippen molar-refractivity contribution in [2.45, 2.75) is 6.54 Å². The average molecular weight is 335 g/mol. The number of carbonyl (C=O) groups excluding carboxylic acids is 1. The quantitative estimate of drug-likeness (QED) is 0.720. The third kappa shape index (κ3) is 4.29. The van der Waals surface area contributed by atoms with E-state index in [1.165, 1.54) is 6.33 Å². The van der Waals surface area contributed by atoms with Gasteiger partial charge in [-0.25, -0.2) is 9.97 Å². The predicted octanol–water partition coefficient (Wildman–Crippen LogP) is 2.55. The highest BCUT2D eigenvalue weighted by atomic mass is 16.5. The van der Waals surface area contributed by atoms with Crippen molar-refractivity contribution in [3.8, 4) is 5.75 Å². The average Bonchev–Trinajstić information content (AvgIpc) is 2.67. The number of nitrogens with one attached hydrogen (secondary N) is 2. The Morgan fingerprint density at radius 2 is 1.92 bits per heavy atom. The largest absolute Gasteiger partial charge is 0.495 e. The van der Waals surface area contributed by atoms with E-state index in [1.54, 1.807) is 25.6 Å². The summed E-state index contributed by atoms with van der Waals surface area (Å²) < 4.78 is 5.29. The van der Waals surface area contributed by atoms with Gasteiger partial charge in [-0.1, -0.05) is 12.1 Å². The van der Waals surface area contributed by atoms with Gasteiger partial charge in [0.05, 0.1) is 12.8 Å². The Morgan fingerprint density at radius 3 is 2.72 bits per heavy atom. The molecule has 0 spiro atoms. The van der Waals surface area contributed by atoms with E-state index in [-0.39, 0.29) is 11.6 Å². The first-order chi connectivity index (χ1) is 12.3. The maximum Gasteiger partial charge on any atom is 0.270 e. The van der Waals surface area contributed by atoms with E-state index in [0.29, 0.717) is 18.1 Å². The van der Waals surface area contributed by atoms with Crippen LogP contribution in [0.5, 0.6) is 5.75 Å². The highest BCUT2D eigenvalue weighted by Gasteiger charge is 2.10. The summed E-state index contributed by atoms with van der Waals surface area (Å²) in [7, 11) is 1.60. The minimum Gasteiger partial charge on any atom is -0.495 e. The number of nitrogens with zero attached hydrogens (tertiary/aromatic N) is 3. The van der Waals surface area contributed by atoms with Crippen LogP contribution in [-0.2, 0) is 6.54 Å². The van der Waals surface area contributed by atoms with Crippen LogP contribution in [0.2, 0.25) is 0 Å². The molecule has 0 unspecified atom stereocenters. The molecule has 0 aliphatic carbocycles. The van der Waals surface area contributed by atoms with Gasteiger partial charge in [0.25, 0.3) is 5.91 Å². The molecule has 25 heavy (non-hydrogen) atoms. The molecule has 2 heterocycles. The van der Waals surface area contributed by atoms with Crippen LogP contribution in [0.4, 0.5) is 11.5 Å². The van der Waals surface area contributed by atoms with Gasteiger partial charge >= 0.3 is 0 Å². The SMILES string of the molecule is COc1ccccc1Nc1cc(C(=O)NCc2ccncc2)ncn1. The number of rotatable bonds is 6. The molecule has 0 saturated carbocycles. The second kappa shape index (κ2) is 7.87. The van der Waals surface area contributed by atoms with Gasteiger partial charge in [0.15, 0.2) is 0 Å².